The molecule has 11 heteroatoms. The van der Waals surface area contributed by atoms with Crippen LogP contribution < -0.4 is 5.32 Å². The van der Waals surface area contributed by atoms with Gasteiger partial charge in [0.25, 0.3) is 0 Å². The molecule has 5 nitrogen and oxygen atoms in total. The molecule has 2 atom stereocenters. The van der Waals surface area contributed by atoms with Crippen molar-refractivity contribution in [2.75, 3.05) is 19.8 Å². The van der Waals surface area contributed by atoms with E-state index in [9.17, 15) is 26.9 Å². The molecule has 1 aromatic carbocycles. The minimum absolute atomic E-state index is 0.0652. The standard InChI is InChI=1S/C28H35F5NO4P/c1-4-7-12-27(30)16-22-24(23(17-27)39(36,37-13-8-5-2)38-14-9-6-3)20-11-10-19(29)15-21(20)25(22)26(35)34-18-28(31,32)33/h7,10-12,15,17,25H,4-6,8-9,13-14,16,18H2,1-3H3,(H,34,35). The number of carbonyl (C=O) groups excluding carboxylic acids is 1. The van der Waals surface area contributed by atoms with Crippen LogP contribution in [-0.4, -0.2) is 37.5 Å². The summed E-state index contributed by atoms with van der Waals surface area (Å²) in [6, 6.07) is 3.54. The van der Waals surface area contributed by atoms with Gasteiger partial charge in [-0.2, -0.15) is 13.2 Å². The quantitative estimate of drug-likeness (QED) is 0.112. The Hall–Kier alpha value is -2.29. The van der Waals surface area contributed by atoms with Gasteiger partial charge in [0.15, 0.2) is 5.67 Å². The lowest BCUT2D eigenvalue weighted by Crippen LogP contribution is -2.38. The summed E-state index contributed by atoms with van der Waals surface area (Å²) in [5.41, 5.74) is -1.57. The smallest absolute Gasteiger partial charge is 0.346 e. The Labute approximate surface area is 226 Å². The Balaban J connectivity index is 2.22. The number of amides is 1. The molecule has 1 amide bonds. The highest BCUT2D eigenvalue weighted by Crippen LogP contribution is 2.66. The molecule has 0 saturated carbocycles. The van der Waals surface area contributed by atoms with E-state index in [1.807, 2.05) is 19.2 Å². The molecule has 2 aliphatic rings. The van der Waals surface area contributed by atoms with Gasteiger partial charge in [-0.05, 0) is 65.8 Å². The molecule has 3 rings (SSSR count). The molecule has 0 heterocycles. The van der Waals surface area contributed by atoms with Crippen LogP contribution >= 0.6 is 7.60 Å². The fourth-order valence-electron chi connectivity index (χ4n) is 4.70. The number of hydrogen-bond acceptors (Lipinski definition) is 4. The second-order valence-electron chi connectivity index (χ2n) is 9.71. The number of fused-ring (bicyclic) bond motifs is 2. The molecule has 1 N–H and O–H groups in total. The maximum Gasteiger partial charge on any atom is 0.405 e. The van der Waals surface area contributed by atoms with Crippen LogP contribution in [0.2, 0.25) is 0 Å². The highest BCUT2D eigenvalue weighted by atomic mass is 31.2. The van der Waals surface area contributed by atoms with Crippen LogP contribution in [-0.2, 0) is 18.4 Å². The van der Waals surface area contributed by atoms with Crippen molar-refractivity contribution in [3.05, 3.63) is 64.3 Å². The maximum atomic E-state index is 16.5. The number of carbonyl (C=O) groups is 1. The molecular formula is C28H35F5NO4P. The van der Waals surface area contributed by atoms with Gasteiger partial charge in [-0.3, -0.25) is 9.36 Å². The van der Waals surface area contributed by atoms with Crippen LogP contribution in [0.5, 0.6) is 0 Å². The van der Waals surface area contributed by atoms with Crippen LogP contribution in [0.1, 0.15) is 76.3 Å². The van der Waals surface area contributed by atoms with Crippen molar-refractivity contribution in [3.8, 4) is 0 Å². The normalized spacial score (nSPS) is 21.2. The van der Waals surface area contributed by atoms with E-state index < -0.39 is 50.0 Å². The van der Waals surface area contributed by atoms with Gasteiger partial charge in [0.2, 0.25) is 5.91 Å². The second-order valence-corrected chi connectivity index (χ2v) is 11.7. The summed E-state index contributed by atoms with van der Waals surface area (Å²) >= 11 is 0. The molecule has 1 aromatic rings. The Morgan fingerprint density at radius 1 is 1.15 bits per heavy atom. The first kappa shape index (κ1) is 31.2. The van der Waals surface area contributed by atoms with Crippen LogP contribution in [0.15, 0.2) is 47.3 Å². The molecule has 0 aliphatic heterocycles. The number of halogens is 5. The first-order valence-electron chi connectivity index (χ1n) is 13.2. The topological polar surface area (TPSA) is 64.6 Å². The van der Waals surface area contributed by atoms with Crippen molar-refractivity contribution in [1.82, 2.24) is 5.32 Å². The highest BCUT2D eigenvalue weighted by Gasteiger charge is 2.49. The zero-order valence-electron chi connectivity index (χ0n) is 22.4. The van der Waals surface area contributed by atoms with Crippen molar-refractivity contribution in [2.24, 2.45) is 0 Å². The zero-order valence-corrected chi connectivity index (χ0v) is 23.3. The number of unbranched alkanes of at least 4 members (excludes halogenated alkanes) is 2. The lowest BCUT2D eigenvalue weighted by molar-refractivity contribution is -0.138. The van der Waals surface area contributed by atoms with Gasteiger partial charge in [0.1, 0.15) is 12.4 Å². The molecule has 39 heavy (non-hydrogen) atoms. The van der Waals surface area contributed by atoms with Crippen molar-refractivity contribution >= 4 is 19.1 Å². The third kappa shape index (κ3) is 7.47. The largest absolute Gasteiger partial charge is 0.405 e. The molecule has 216 valence electrons. The lowest BCUT2D eigenvalue weighted by atomic mass is 9.82. The molecule has 0 bridgehead atoms. The third-order valence-corrected chi connectivity index (χ3v) is 8.51. The number of hydrogen-bond donors (Lipinski definition) is 1. The Morgan fingerprint density at radius 2 is 1.79 bits per heavy atom. The lowest BCUT2D eigenvalue weighted by Gasteiger charge is -2.32. The number of benzene rings is 1. The Bertz CT molecular complexity index is 1180. The van der Waals surface area contributed by atoms with E-state index in [1.165, 1.54) is 18.2 Å². The van der Waals surface area contributed by atoms with E-state index in [1.54, 1.807) is 13.0 Å². The van der Waals surface area contributed by atoms with Crippen molar-refractivity contribution in [1.29, 1.82) is 0 Å². The minimum Gasteiger partial charge on any atom is -0.346 e. The van der Waals surface area contributed by atoms with E-state index in [0.717, 1.165) is 25.0 Å². The summed E-state index contributed by atoms with van der Waals surface area (Å²) in [5, 5.41) is 1.75. The van der Waals surface area contributed by atoms with Gasteiger partial charge in [0.05, 0.1) is 24.4 Å². The molecule has 0 saturated heterocycles. The number of alkyl halides is 4. The molecule has 2 unspecified atom stereocenters. The molecule has 0 fully saturated rings. The average Bonchev–Trinajstić information content (AvgIpc) is 3.18. The van der Waals surface area contributed by atoms with E-state index in [0.29, 0.717) is 19.3 Å². The fourth-order valence-corrected chi connectivity index (χ4v) is 6.70. The molecule has 0 radical (unpaired) electrons. The summed E-state index contributed by atoms with van der Waals surface area (Å²) in [5.74, 6) is -3.19. The highest BCUT2D eigenvalue weighted by molar-refractivity contribution is 7.59. The van der Waals surface area contributed by atoms with E-state index in [4.69, 9.17) is 9.05 Å². The maximum absolute atomic E-state index is 16.5. The average molecular weight is 576 g/mol. The van der Waals surface area contributed by atoms with Crippen LogP contribution in [0, 0.1) is 5.82 Å². The minimum atomic E-state index is -4.68. The van der Waals surface area contributed by atoms with E-state index >= 15 is 4.39 Å². The van der Waals surface area contributed by atoms with E-state index in [2.05, 4.69) is 0 Å². The van der Waals surface area contributed by atoms with Crippen LogP contribution in [0.25, 0.3) is 5.57 Å². The van der Waals surface area contributed by atoms with Crippen molar-refractivity contribution < 1.29 is 40.4 Å². The van der Waals surface area contributed by atoms with Crippen LogP contribution in [0.4, 0.5) is 22.0 Å². The first-order valence-corrected chi connectivity index (χ1v) is 14.8. The van der Waals surface area contributed by atoms with Crippen molar-refractivity contribution in [2.45, 2.75) is 77.1 Å². The summed E-state index contributed by atoms with van der Waals surface area (Å²) in [7, 11) is -4.18. The van der Waals surface area contributed by atoms with Crippen molar-refractivity contribution in [3.63, 3.8) is 0 Å². The second kappa shape index (κ2) is 12.9. The summed E-state index contributed by atoms with van der Waals surface area (Å²) in [6.45, 7) is 4.16. The van der Waals surface area contributed by atoms with Gasteiger partial charge >= 0.3 is 13.8 Å². The Morgan fingerprint density at radius 3 is 2.36 bits per heavy atom. The first-order chi connectivity index (χ1) is 18.4. The van der Waals surface area contributed by atoms with Gasteiger partial charge in [-0.1, -0.05) is 45.8 Å². The van der Waals surface area contributed by atoms with Gasteiger partial charge in [0, 0.05) is 6.42 Å². The Kier molecular flexibility index (Phi) is 10.3. The molecule has 0 spiro atoms. The van der Waals surface area contributed by atoms with E-state index in [-0.39, 0.29) is 40.8 Å². The zero-order chi connectivity index (χ0) is 28.8. The summed E-state index contributed by atoms with van der Waals surface area (Å²) in [6.07, 6.45) is 2.00. The molecule has 0 aromatic heterocycles. The fraction of sp³-hybridized carbons (Fsp3) is 0.536. The molecular weight excluding hydrogens is 540 g/mol. The number of rotatable bonds is 13. The third-order valence-electron chi connectivity index (χ3n) is 6.53. The van der Waals surface area contributed by atoms with Crippen LogP contribution in [0.3, 0.4) is 0 Å². The number of nitrogens with one attached hydrogen (secondary N) is 1. The summed E-state index contributed by atoms with van der Waals surface area (Å²) < 4.78 is 95.6. The predicted molar refractivity (Wildman–Crippen MR) is 140 cm³/mol. The molecule has 2 aliphatic carbocycles. The monoisotopic (exact) mass is 575 g/mol. The van der Waals surface area contributed by atoms with Gasteiger partial charge < -0.3 is 14.4 Å². The number of allylic oxidation sites excluding steroid dienone is 5. The predicted octanol–water partition coefficient (Wildman–Crippen LogP) is 8.14. The van der Waals surface area contributed by atoms with Gasteiger partial charge in [-0.15, -0.1) is 0 Å². The summed E-state index contributed by atoms with van der Waals surface area (Å²) in [4.78, 5) is 13.2. The SMILES string of the molecule is CCC=CC1(F)C=C(P(=O)(OCCCC)OCCCC)C2=C(C1)C(C(=O)NCC(F)(F)F)c1cc(F)ccc12. The van der Waals surface area contributed by atoms with Gasteiger partial charge in [-0.25, -0.2) is 8.78 Å².